The average molecular weight is 417 g/mol. The van der Waals surface area contributed by atoms with Crippen molar-refractivity contribution in [3.8, 4) is 0 Å². The van der Waals surface area contributed by atoms with Crippen molar-refractivity contribution in [1.29, 1.82) is 0 Å². The van der Waals surface area contributed by atoms with Crippen LogP contribution in [0.3, 0.4) is 0 Å². The molecule has 0 saturated carbocycles. The second-order valence-electron chi connectivity index (χ2n) is 6.35. The molecular formula is C18H15N3O5S2. The molecule has 1 aliphatic rings. The summed E-state index contributed by atoms with van der Waals surface area (Å²) in [4.78, 5) is 13.6. The molecular weight excluding hydrogens is 402 g/mol. The van der Waals surface area contributed by atoms with Gasteiger partial charge in [0.05, 0.1) is 21.2 Å². The number of sulfonamides is 2. The molecule has 10 heteroatoms. The SMILES string of the molecule is CN1C(=O)c2cccc3c(S(=O)(=O)Nc4cccc(S(N)(=O)=O)c4)ccc1c23. The molecule has 0 aliphatic carbocycles. The van der Waals surface area contributed by atoms with Gasteiger partial charge in [0.25, 0.3) is 15.9 Å². The number of hydrogen-bond donors (Lipinski definition) is 2. The Morgan fingerprint density at radius 3 is 2.39 bits per heavy atom. The van der Waals surface area contributed by atoms with Crippen LogP contribution in [0.5, 0.6) is 0 Å². The summed E-state index contributed by atoms with van der Waals surface area (Å²) in [5.74, 6) is -0.205. The summed E-state index contributed by atoms with van der Waals surface area (Å²) in [6, 6.07) is 13.1. The highest BCUT2D eigenvalue weighted by Gasteiger charge is 2.30. The number of nitrogens with one attached hydrogen (secondary N) is 1. The number of amides is 1. The van der Waals surface area contributed by atoms with E-state index in [9.17, 15) is 21.6 Å². The molecule has 3 aromatic rings. The summed E-state index contributed by atoms with van der Waals surface area (Å²) in [5.41, 5.74) is 1.12. The fourth-order valence-electron chi connectivity index (χ4n) is 3.29. The highest BCUT2D eigenvalue weighted by atomic mass is 32.2. The molecule has 0 unspecified atom stereocenters. The molecule has 0 fully saturated rings. The smallest absolute Gasteiger partial charge is 0.262 e. The third-order valence-corrected chi connectivity index (χ3v) is 6.93. The number of benzene rings is 3. The summed E-state index contributed by atoms with van der Waals surface area (Å²) in [6.07, 6.45) is 0. The van der Waals surface area contributed by atoms with E-state index in [1.165, 1.54) is 29.2 Å². The lowest BCUT2D eigenvalue weighted by atomic mass is 10.1. The van der Waals surface area contributed by atoms with E-state index in [0.717, 1.165) is 6.07 Å². The summed E-state index contributed by atoms with van der Waals surface area (Å²) in [6.45, 7) is 0. The molecule has 1 heterocycles. The summed E-state index contributed by atoms with van der Waals surface area (Å²) < 4.78 is 51.4. The second-order valence-corrected chi connectivity index (χ2v) is 9.57. The maximum Gasteiger partial charge on any atom is 0.262 e. The average Bonchev–Trinajstić information content (AvgIpc) is 2.88. The maximum absolute atomic E-state index is 13.0. The molecule has 8 nitrogen and oxygen atoms in total. The van der Waals surface area contributed by atoms with Crippen molar-refractivity contribution in [3.63, 3.8) is 0 Å². The Labute approximate surface area is 161 Å². The van der Waals surface area contributed by atoms with E-state index in [4.69, 9.17) is 5.14 Å². The number of carbonyl (C=O) groups is 1. The Kier molecular flexibility index (Phi) is 3.96. The fraction of sp³-hybridized carbons (Fsp3) is 0.0556. The molecule has 0 spiro atoms. The quantitative estimate of drug-likeness (QED) is 0.670. The monoisotopic (exact) mass is 417 g/mol. The second kappa shape index (κ2) is 6.03. The van der Waals surface area contributed by atoms with Gasteiger partial charge >= 0.3 is 0 Å². The molecule has 0 aromatic heterocycles. The first-order valence-electron chi connectivity index (χ1n) is 8.09. The minimum absolute atomic E-state index is 0.0165. The molecule has 3 aromatic carbocycles. The number of nitrogens with two attached hydrogens (primary N) is 1. The Hall–Kier alpha value is -2.95. The van der Waals surface area contributed by atoms with Crippen molar-refractivity contribution < 1.29 is 21.6 Å². The molecule has 28 heavy (non-hydrogen) atoms. The van der Waals surface area contributed by atoms with E-state index in [-0.39, 0.29) is 21.4 Å². The Morgan fingerprint density at radius 1 is 0.964 bits per heavy atom. The van der Waals surface area contributed by atoms with Gasteiger partial charge in [0.2, 0.25) is 10.0 Å². The standard InChI is InChI=1S/C18H15N3O5S2/c1-21-15-8-9-16(13-6-3-7-14(17(13)15)18(21)22)28(25,26)20-11-4-2-5-12(10-11)27(19,23)24/h2-10,20H,1H3,(H2,19,23,24). The van der Waals surface area contributed by atoms with Crippen LogP contribution >= 0.6 is 0 Å². The van der Waals surface area contributed by atoms with Crippen molar-refractivity contribution in [2.75, 3.05) is 16.7 Å². The van der Waals surface area contributed by atoms with Gasteiger partial charge in [-0.1, -0.05) is 18.2 Å². The molecule has 0 atom stereocenters. The van der Waals surface area contributed by atoms with Gasteiger partial charge in [-0.3, -0.25) is 9.52 Å². The lowest BCUT2D eigenvalue weighted by Crippen LogP contribution is -2.20. The first kappa shape index (κ1) is 18.4. The normalized spacial score (nSPS) is 13.9. The van der Waals surface area contributed by atoms with Crippen LogP contribution in [-0.4, -0.2) is 29.8 Å². The summed E-state index contributed by atoms with van der Waals surface area (Å²) >= 11 is 0. The summed E-state index contributed by atoms with van der Waals surface area (Å²) in [5, 5.41) is 6.07. The van der Waals surface area contributed by atoms with Gasteiger partial charge in [-0.05, 0) is 36.4 Å². The number of primary sulfonamides is 1. The highest BCUT2D eigenvalue weighted by Crippen LogP contribution is 2.39. The van der Waals surface area contributed by atoms with E-state index in [1.54, 1.807) is 31.3 Å². The highest BCUT2D eigenvalue weighted by molar-refractivity contribution is 7.93. The lowest BCUT2D eigenvalue weighted by Gasteiger charge is -2.13. The Balaban J connectivity index is 1.84. The third kappa shape index (κ3) is 2.82. The van der Waals surface area contributed by atoms with E-state index in [2.05, 4.69) is 4.72 Å². The Morgan fingerprint density at radius 2 is 1.68 bits per heavy atom. The first-order valence-corrected chi connectivity index (χ1v) is 11.1. The molecule has 1 amide bonds. The van der Waals surface area contributed by atoms with Gasteiger partial charge in [0.1, 0.15) is 0 Å². The predicted molar refractivity (Wildman–Crippen MR) is 105 cm³/mol. The van der Waals surface area contributed by atoms with Crippen LogP contribution in [0.4, 0.5) is 11.4 Å². The zero-order valence-electron chi connectivity index (χ0n) is 14.6. The van der Waals surface area contributed by atoms with E-state index in [0.29, 0.717) is 22.0 Å². The molecule has 4 rings (SSSR count). The van der Waals surface area contributed by atoms with Crippen molar-refractivity contribution in [2.45, 2.75) is 9.79 Å². The van der Waals surface area contributed by atoms with Crippen molar-refractivity contribution in [1.82, 2.24) is 0 Å². The number of carbonyl (C=O) groups excluding carboxylic acids is 1. The number of nitrogens with zero attached hydrogens (tertiary/aromatic N) is 1. The van der Waals surface area contributed by atoms with E-state index in [1.807, 2.05) is 0 Å². The minimum atomic E-state index is -4.06. The number of anilines is 2. The van der Waals surface area contributed by atoms with Crippen LogP contribution in [0.15, 0.2) is 64.4 Å². The predicted octanol–water partition coefficient (Wildman–Crippen LogP) is 1.88. The van der Waals surface area contributed by atoms with E-state index >= 15 is 0 Å². The van der Waals surface area contributed by atoms with Crippen LogP contribution in [0.2, 0.25) is 0 Å². The van der Waals surface area contributed by atoms with Crippen LogP contribution in [0, 0.1) is 0 Å². The molecule has 0 bridgehead atoms. The van der Waals surface area contributed by atoms with Crippen LogP contribution in [0.25, 0.3) is 10.8 Å². The molecule has 0 saturated heterocycles. The van der Waals surface area contributed by atoms with Crippen LogP contribution in [-0.2, 0) is 20.0 Å². The van der Waals surface area contributed by atoms with Crippen molar-refractivity contribution >= 4 is 48.1 Å². The van der Waals surface area contributed by atoms with Gasteiger partial charge in [0.15, 0.2) is 0 Å². The number of rotatable bonds is 4. The first-order chi connectivity index (χ1) is 13.1. The van der Waals surface area contributed by atoms with Crippen LogP contribution in [0.1, 0.15) is 10.4 Å². The topological polar surface area (TPSA) is 127 Å². The molecule has 144 valence electrons. The molecule has 3 N–H and O–H groups in total. The molecule has 0 radical (unpaired) electrons. The zero-order valence-corrected chi connectivity index (χ0v) is 16.2. The van der Waals surface area contributed by atoms with Gasteiger partial charge in [-0.15, -0.1) is 0 Å². The fourth-order valence-corrected chi connectivity index (χ4v) is 5.10. The summed E-state index contributed by atoms with van der Waals surface area (Å²) in [7, 11) is -6.40. The molecule has 1 aliphatic heterocycles. The van der Waals surface area contributed by atoms with Gasteiger partial charge in [0, 0.05) is 23.4 Å². The van der Waals surface area contributed by atoms with E-state index < -0.39 is 20.0 Å². The maximum atomic E-state index is 13.0. The Bertz CT molecular complexity index is 1370. The van der Waals surface area contributed by atoms with Crippen molar-refractivity contribution in [2.24, 2.45) is 5.14 Å². The van der Waals surface area contributed by atoms with Gasteiger partial charge < -0.3 is 4.90 Å². The lowest BCUT2D eigenvalue weighted by molar-refractivity contribution is 0.0999. The van der Waals surface area contributed by atoms with Crippen molar-refractivity contribution in [3.05, 3.63) is 60.2 Å². The van der Waals surface area contributed by atoms with Gasteiger partial charge in [-0.25, -0.2) is 22.0 Å². The third-order valence-electron chi connectivity index (χ3n) is 4.58. The van der Waals surface area contributed by atoms with Gasteiger partial charge in [-0.2, -0.15) is 0 Å². The zero-order chi connectivity index (χ0) is 20.3. The van der Waals surface area contributed by atoms with Crippen LogP contribution < -0.4 is 14.8 Å². The number of hydrogen-bond acceptors (Lipinski definition) is 5. The minimum Gasteiger partial charge on any atom is -0.311 e. The largest absolute Gasteiger partial charge is 0.311 e.